The predicted octanol–water partition coefficient (Wildman–Crippen LogP) is 4.03. The van der Waals surface area contributed by atoms with Crippen molar-refractivity contribution in [3.05, 3.63) is 70.4 Å². The molecule has 0 atom stereocenters. The van der Waals surface area contributed by atoms with Gasteiger partial charge in [0, 0.05) is 5.56 Å². The van der Waals surface area contributed by atoms with Gasteiger partial charge in [-0.1, -0.05) is 23.7 Å². The molecular formula is C20H17ClN4O2. The van der Waals surface area contributed by atoms with Crippen LogP contribution < -0.4 is 10.1 Å². The highest BCUT2D eigenvalue weighted by Crippen LogP contribution is 2.24. The number of anilines is 1. The van der Waals surface area contributed by atoms with E-state index in [1.54, 1.807) is 53.2 Å². The number of ether oxygens (including phenoxy) is 1. The summed E-state index contributed by atoms with van der Waals surface area (Å²) in [6, 6.07) is 16.0. The van der Waals surface area contributed by atoms with Gasteiger partial charge in [-0.15, -0.1) is 0 Å². The molecule has 0 unspecified atom stereocenters. The Morgan fingerprint density at radius 1 is 1.22 bits per heavy atom. The molecule has 136 valence electrons. The first-order valence-electron chi connectivity index (χ1n) is 8.23. The zero-order valence-corrected chi connectivity index (χ0v) is 15.6. The number of hydrogen-bond donors (Lipinski definition) is 1. The normalized spacial score (nSPS) is 10.3. The molecular weight excluding hydrogens is 364 g/mol. The lowest BCUT2D eigenvalue weighted by molar-refractivity contribution is -0.118. The molecule has 0 spiro atoms. The van der Waals surface area contributed by atoms with Gasteiger partial charge in [0.05, 0.1) is 28.0 Å². The first-order chi connectivity index (χ1) is 13.0. The van der Waals surface area contributed by atoms with Crippen LogP contribution in [0.5, 0.6) is 5.75 Å². The van der Waals surface area contributed by atoms with Crippen LogP contribution in [0, 0.1) is 25.2 Å². The third-order valence-corrected chi connectivity index (χ3v) is 4.37. The molecule has 0 saturated carbocycles. The number of aromatic nitrogens is 2. The Labute approximate surface area is 161 Å². The van der Waals surface area contributed by atoms with Gasteiger partial charge in [0.25, 0.3) is 5.91 Å². The van der Waals surface area contributed by atoms with E-state index in [1.165, 1.54) is 0 Å². The quantitative estimate of drug-likeness (QED) is 0.724. The Morgan fingerprint density at radius 3 is 2.59 bits per heavy atom. The molecule has 0 saturated heterocycles. The van der Waals surface area contributed by atoms with E-state index < -0.39 is 0 Å². The summed E-state index contributed by atoms with van der Waals surface area (Å²) in [5.74, 6) is 0.681. The Bertz CT molecular complexity index is 1020. The third kappa shape index (κ3) is 4.10. The lowest BCUT2D eigenvalue weighted by Gasteiger charge is -2.11. The van der Waals surface area contributed by atoms with E-state index in [4.69, 9.17) is 21.6 Å². The van der Waals surface area contributed by atoms with Crippen molar-refractivity contribution in [2.75, 3.05) is 11.9 Å². The molecule has 3 rings (SSSR count). The van der Waals surface area contributed by atoms with Crippen molar-refractivity contribution in [3.63, 3.8) is 0 Å². The van der Waals surface area contributed by atoms with Gasteiger partial charge in [0.2, 0.25) is 0 Å². The first kappa shape index (κ1) is 18.5. The number of carbonyl (C=O) groups is 1. The zero-order valence-electron chi connectivity index (χ0n) is 14.9. The highest BCUT2D eigenvalue weighted by Gasteiger charge is 2.16. The van der Waals surface area contributed by atoms with Crippen LogP contribution >= 0.6 is 11.6 Å². The lowest BCUT2D eigenvalue weighted by atomic mass is 10.2. The zero-order chi connectivity index (χ0) is 19.4. The van der Waals surface area contributed by atoms with Crippen molar-refractivity contribution in [3.8, 4) is 17.5 Å². The SMILES string of the molecule is Cc1nn(-c2ccc(C#N)cc2)c(NC(=O)COc2ccccc2Cl)c1C. The summed E-state index contributed by atoms with van der Waals surface area (Å²) in [5.41, 5.74) is 2.94. The van der Waals surface area contributed by atoms with Crippen LogP contribution in [-0.4, -0.2) is 22.3 Å². The summed E-state index contributed by atoms with van der Waals surface area (Å²) in [4.78, 5) is 12.4. The Kier molecular flexibility index (Phi) is 5.43. The number of nitrogens with zero attached hydrogens (tertiary/aromatic N) is 3. The van der Waals surface area contributed by atoms with Gasteiger partial charge in [0.1, 0.15) is 11.6 Å². The molecule has 1 N–H and O–H groups in total. The molecule has 7 heteroatoms. The van der Waals surface area contributed by atoms with Crippen LogP contribution in [0.3, 0.4) is 0 Å². The number of carbonyl (C=O) groups excluding carboxylic acids is 1. The second kappa shape index (κ2) is 7.94. The van der Waals surface area contributed by atoms with Crippen LogP contribution in [-0.2, 0) is 4.79 Å². The van der Waals surface area contributed by atoms with Gasteiger partial charge in [-0.3, -0.25) is 4.79 Å². The number of nitriles is 1. The van der Waals surface area contributed by atoms with Gasteiger partial charge >= 0.3 is 0 Å². The molecule has 0 aliphatic rings. The van der Waals surface area contributed by atoms with Crippen molar-refractivity contribution in [2.45, 2.75) is 13.8 Å². The summed E-state index contributed by atoms with van der Waals surface area (Å²) in [6.45, 7) is 3.57. The summed E-state index contributed by atoms with van der Waals surface area (Å²) in [7, 11) is 0. The van der Waals surface area contributed by atoms with Crippen LogP contribution in [0.25, 0.3) is 5.69 Å². The molecule has 1 aromatic heterocycles. The summed E-state index contributed by atoms with van der Waals surface area (Å²) in [5, 5.41) is 16.7. The summed E-state index contributed by atoms with van der Waals surface area (Å²) >= 11 is 6.03. The highest BCUT2D eigenvalue weighted by atomic mass is 35.5. The molecule has 0 bridgehead atoms. The van der Waals surface area contributed by atoms with Crippen molar-refractivity contribution in [1.82, 2.24) is 9.78 Å². The Morgan fingerprint density at radius 2 is 1.93 bits per heavy atom. The molecule has 27 heavy (non-hydrogen) atoms. The maximum absolute atomic E-state index is 12.4. The monoisotopic (exact) mass is 380 g/mol. The fraction of sp³-hybridized carbons (Fsp3) is 0.150. The average Bonchev–Trinajstić information content (AvgIpc) is 2.96. The largest absolute Gasteiger partial charge is 0.482 e. The maximum Gasteiger partial charge on any atom is 0.263 e. The standard InChI is InChI=1S/C20H17ClN4O2/c1-13-14(2)24-25(16-9-7-15(11-22)8-10-16)20(13)23-19(26)12-27-18-6-4-3-5-17(18)21/h3-10H,12H2,1-2H3,(H,23,26). The van der Waals surface area contributed by atoms with E-state index in [9.17, 15) is 4.79 Å². The van der Waals surface area contributed by atoms with E-state index >= 15 is 0 Å². The molecule has 0 radical (unpaired) electrons. The number of nitrogens with one attached hydrogen (secondary N) is 1. The minimum atomic E-state index is -0.326. The minimum Gasteiger partial charge on any atom is -0.482 e. The number of rotatable bonds is 5. The summed E-state index contributed by atoms with van der Waals surface area (Å²) in [6.07, 6.45) is 0. The van der Waals surface area contributed by atoms with Gasteiger partial charge < -0.3 is 10.1 Å². The van der Waals surface area contributed by atoms with E-state index in [2.05, 4.69) is 16.5 Å². The smallest absolute Gasteiger partial charge is 0.263 e. The highest BCUT2D eigenvalue weighted by molar-refractivity contribution is 6.32. The van der Waals surface area contributed by atoms with E-state index in [-0.39, 0.29) is 12.5 Å². The molecule has 2 aromatic carbocycles. The second-order valence-corrected chi connectivity index (χ2v) is 6.30. The number of aryl methyl sites for hydroxylation is 1. The van der Waals surface area contributed by atoms with Gasteiger partial charge in [-0.2, -0.15) is 10.4 Å². The molecule has 1 heterocycles. The molecule has 0 aliphatic heterocycles. The maximum atomic E-state index is 12.4. The van der Waals surface area contributed by atoms with Gasteiger partial charge in [-0.25, -0.2) is 4.68 Å². The first-order valence-corrected chi connectivity index (χ1v) is 8.61. The average molecular weight is 381 g/mol. The van der Waals surface area contributed by atoms with Crippen molar-refractivity contribution in [1.29, 1.82) is 5.26 Å². The van der Waals surface area contributed by atoms with Crippen LogP contribution in [0.2, 0.25) is 5.02 Å². The second-order valence-electron chi connectivity index (χ2n) is 5.90. The van der Waals surface area contributed by atoms with Crippen molar-refractivity contribution in [2.24, 2.45) is 0 Å². The number of benzene rings is 2. The van der Waals surface area contributed by atoms with Gasteiger partial charge in [-0.05, 0) is 50.2 Å². The molecule has 3 aromatic rings. The molecule has 0 aliphatic carbocycles. The Hall–Kier alpha value is -3.30. The van der Waals surface area contributed by atoms with Crippen molar-refractivity contribution < 1.29 is 9.53 Å². The summed E-state index contributed by atoms with van der Waals surface area (Å²) < 4.78 is 7.12. The Balaban J connectivity index is 1.79. The fourth-order valence-electron chi connectivity index (χ4n) is 2.49. The van der Waals surface area contributed by atoms with Crippen molar-refractivity contribution >= 4 is 23.3 Å². The van der Waals surface area contributed by atoms with Crippen LogP contribution in [0.15, 0.2) is 48.5 Å². The third-order valence-electron chi connectivity index (χ3n) is 4.05. The van der Waals surface area contributed by atoms with Crippen LogP contribution in [0.4, 0.5) is 5.82 Å². The number of hydrogen-bond acceptors (Lipinski definition) is 4. The van der Waals surface area contributed by atoms with E-state index in [0.29, 0.717) is 22.2 Å². The lowest BCUT2D eigenvalue weighted by Crippen LogP contribution is -2.22. The minimum absolute atomic E-state index is 0.180. The molecule has 1 amide bonds. The number of halogens is 1. The van der Waals surface area contributed by atoms with Gasteiger partial charge in [0.15, 0.2) is 6.61 Å². The predicted molar refractivity (Wildman–Crippen MR) is 103 cm³/mol. The van der Waals surface area contributed by atoms with Crippen LogP contribution in [0.1, 0.15) is 16.8 Å². The molecule has 6 nitrogen and oxygen atoms in total. The number of amides is 1. The topological polar surface area (TPSA) is 79.9 Å². The fourth-order valence-corrected chi connectivity index (χ4v) is 2.68. The van der Waals surface area contributed by atoms with E-state index in [1.807, 2.05) is 13.8 Å². The molecule has 0 fully saturated rings. The van der Waals surface area contributed by atoms with E-state index in [0.717, 1.165) is 16.9 Å². The number of para-hydroxylation sites is 1.